The molecule has 5 nitrogen and oxygen atoms in total. The van der Waals surface area contributed by atoms with E-state index in [4.69, 9.17) is 4.74 Å². The van der Waals surface area contributed by atoms with Crippen LogP contribution in [-0.4, -0.2) is 23.5 Å². The highest BCUT2D eigenvalue weighted by Gasteiger charge is 2.52. The molecule has 0 N–H and O–H groups in total. The summed E-state index contributed by atoms with van der Waals surface area (Å²) in [5, 5.41) is 11.0. The van der Waals surface area contributed by atoms with Crippen molar-refractivity contribution in [3.8, 4) is 0 Å². The largest absolute Gasteiger partial charge is 0.466 e. The number of hydrogen-bond acceptors (Lipinski definition) is 4. The molecule has 0 aliphatic heterocycles. The van der Waals surface area contributed by atoms with Gasteiger partial charge in [-0.05, 0) is 25.7 Å². The van der Waals surface area contributed by atoms with Crippen LogP contribution in [0.1, 0.15) is 19.8 Å². The zero-order chi connectivity index (χ0) is 11.7. The quantitative estimate of drug-likeness (QED) is 0.315. The number of rotatable bonds is 3. The van der Waals surface area contributed by atoms with Gasteiger partial charge in [0.1, 0.15) is 5.92 Å². The highest BCUT2D eigenvalue weighted by atomic mass is 16.6. The molecule has 3 rings (SSSR count). The Hall–Kier alpha value is -1.39. The number of allylic oxidation sites excluding steroid dienone is 1. The minimum absolute atomic E-state index is 0.0144. The minimum atomic E-state index is -0.789. The molecule has 1 saturated carbocycles. The topological polar surface area (TPSA) is 69.4 Å². The normalized spacial score (nSPS) is 36.1. The summed E-state index contributed by atoms with van der Waals surface area (Å²) in [5.41, 5.74) is 0. The number of esters is 1. The van der Waals surface area contributed by atoms with Crippen molar-refractivity contribution < 1.29 is 14.5 Å². The molecule has 5 heteroatoms. The number of ether oxygens (including phenoxy) is 1. The highest BCUT2D eigenvalue weighted by Crippen LogP contribution is 2.42. The summed E-state index contributed by atoms with van der Waals surface area (Å²) in [5.74, 6) is -1.11. The van der Waals surface area contributed by atoms with Gasteiger partial charge in [-0.15, -0.1) is 0 Å². The van der Waals surface area contributed by atoms with Crippen LogP contribution in [0.15, 0.2) is 12.2 Å². The van der Waals surface area contributed by atoms with Crippen molar-refractivity contribution in [1.29, 1.82) is 0 Å². The molecule has 88 valence electrons. The number of carbonyl (C=O) groups excluding carboxylic acids is 1. The van der Waals surface area contributed by atoms with E-state index >= 15 is 0 Å². The number of fused-ring (bicyclic) bond motifs is 2. The summed E-state index contributed by atoms with van der Waals surface area (Å²) >= 11 is 0. The van der Waals surface area contributed by atoms with Gasteiger partial charge in [-0.3, -0.25) is 14.9 Å². The number of hydrogen-bond donors (Lipinski definition) is 0. The first-order valence-electron chi connectivity index (χ1n) is 5.63. The molecule has 0 aromatic heterocycles. The maximum atomic E-state index is 11.7. The zero-order valence-corrected chi connectivity index (χ0v) is 9.17. The molecular formula is C11H15NO4. The van der Waals surface area contributed by atoms with Crippen molar-refractivity contribution in [1.82, 2.24) is 0 Å². The maximum Gasteiger partial charge on any atom is 0.316 e. The van der Waals surface area contributed by atoms with E-state index in [0.29, 0.717) is 0 Å². The number of carbonyl (C=O) groups is 1. The SMILES string of the molecule is CCOC(=O)C1C2C=CC(CC2)C1[N+](=O)[O-]. The van der Waals surface area contributed by atoms with Gasteiger partial charge >= 0.3 is 5.97 Å². The molecule has 3 aliphatic carbocycles. The van der Waals surface area contributed by atoms with Crippen molar-refractivity contribution in [3.05, 3.63) is 22.3 Å². The first-order chi connectivity index (χ1) is 7.65. The lowest BCUT2D eigenvalue weighted by atomic mass is 9.66. The molecule has 0 spiro atoms. The second kappa shape index (κ2) is 4.23. The maximum absolute atomic E-state index is 11.7. The van der Waals surface area contributed by atoms with E-state index in [1.807, 2.05) is 12.2 Å². The van der Waals surface area contributed by atoms with Gasteiger partial charge in [0.15, 0.2) is 0 Å². The van der Waals surface area contributed by atoms with Crippen molar-refractivity contribution in [3.63, 3.8) is 0 Å². The summed E-state index contributed by atoms with van der Waals surface area (Å²) < 4.78 is 4.94. The molecule has 0 amide bonds. The van der Waals surface area contributed by atoms with Gasteiger partial charge in [-0.1, -0.05) is 12.2 Å². The van der Waals surface area contributed by atoms with Crippen LogP contribution < -0.4 is 0 Å². The van der Waals surface area contributed by atoms with E-state index < -0.39 is 17.9 Å². The average Bonchev–Trinajstić information content (AvgIpc) is 2.29. The standard InChI is InChI=1S/C11H15NO4/c1-2-16-11(13)9-7-3-5-8(6-4-7)10(9)12(14)15/h3,5,7-10H,2,4,6H2,1H3. The number of nitro groups is 1. The molecule has 0 radical (unpaired) electrons. The summed E-state index contributed by atoms with van der Waals surface area (Å²) in [7, 11) is 0. The third-order valence-electron chi connectivity index (χ3n) is 3.51. The molecule has 1 fully saturated rings. The Balaban J connectivity index is 2.24. The van der Waals surface area contributed by atoms with Crippen LogP contribution in [0.5, 0.6) is 0 Å². The first kappa shape index (κ1) is 11.1. The predicted octanol–water partition coefficient (Wildman–Crippen LogP) is 1.41. The summed E-state index contributed by atoms with van der Waals surface area (Å²) in [4.78, 5) is 22.5. The molecule has 16 heavy (non-hydrogen) atoms. The first-order valence-corrected chi connectivity index (χ1v) is 5.63. The van der Waals surface area contributed by atoms with E-state index in [1.165, 1.54) is 0 Å². The van der Waals surface area contributed by atoms with Gasteiger partial charge in [-0.25, -0.2) is 0 Å². The summed E-state index contributed by atoms with van der Waals surface area (Å²) in [6, 6.07) is -0.789. The van der Waals surface area contributed by atoms with E-state index in [9.17, 15) is 14.9 Å². The van der Waals surface area contributed by atoms with Gasteiger partial charge in [-0.2, -0.15) is 0 Å². The second-order valence-corrected chi connectivity index (χ2v) is 4.34. The lowest BCUT2D eigenvalue weighted by Gasteiger charge is -2.38. The Morgan fingerprint density at radius 3 is 2.56 bits per heavy atom. The van der Waals surface area contributed by atoms with Crippen molar-refractivity contribution in [2.75, 3.05) is 6.61 Å². The van der Waals surface area contributed by atoms with Gasteiger partial charge in [0, 0.05) is 10.8 Å². The Morgan fingerprint density at radius 2 is 2.06 bits per heavy atom. The smallest absolute Gasteiger partial charge is 0.316 e. The third-order valence-corrected chi connectivity index (χ3v) is 3.51. The van der Waals surface area contributed by atoms with E-state index in [-0.39, 0.29) is 23.4 Å². The van der Waals surface area contributed by atoms with Crippen molar-refractivity contribution in [2.24, 2.45) is 17.8 Å². The summed E-state index contributed by atoms with van der Waals surface area (Å²) in [6.45, 7) is 2.00. The van der Waals surface area contributed by atoms with Gasteiger partial charge in [0.25, 0.3) is 0 Å². The summed E-state index contributed by atoms with van der Waals surface area (Å²) in [6.07, 6.45) is 5.49. The van der Waals surface area contributed by atoms with Crippen LogP contribution in [0.4, 0.5) is 0 Å². The van der Waals surface area contributed by atoms with Crippen LogP contribution in [0.2, 0.25) is 0 Å². The minimum Gasteiger partial charge on any atom is -0.466 e. The van der Waals surface area contributed by atoms with Crippen LogP contribution in [0.25, 0.3) is 0 Å². The Morgan fingerprint density at radius 1 is 1.44 bits per heavy atom. The molecule has 4 atom stereocenters. The van der Waals surface area contributed by atoms with Crippen LogP contribution >= 0.6 is 0 Å². The van der Waals surface area contributed by atoms with E-state index in [1.54, 1.807) is 6.92 Å². The van der Waals surface area contributed by atoms with Gasteiger partial charge in [0.05, 0.1) is 6.61 Å². The lowest BCUT2D eigenvalue weighted by Crippen LogP contribution is -2.49. The second-order valence-electron chi connectivity index (χ2n) is 4.34. The van der Waals surface area contributed by atoms with Crippen molar-refractivity contribution >= 4 is 5.97 Å². The molecular weight excluding hydrogens is 210 g/mol. The zero-order valence-electron chi connectivity index (χ0n) is 9.17. The molecule has 0 saturated heterocycles. The van der Waals surface area contributed by atoms with Crippen LogP contribution in [0, 0.1) is 27.9 Å². The average molecular weight is 225 g/mol. The van der Waals surface area contributed by atoms with Gasteiger partial charge < -0.3 is 4.74 Å². The Bertz CT molecular complexity index is 339. The van der Waals surface area contributed by atoms with Crippen LogP contribution in [-0.2, 0) is 9.53 Å². The lowest BCUT2D eigenvalue weighted by molar-refractivity contribution is -0.542. The third kappa shape index (κ3) is 1.70. The highest BCUT2D eigenvalue weighted by molar-refractivity contribution is 5.74. The molecule has 0 aromatic rings. The predicted molar refractivity (Wildman–Crippen MR) is 56.3 cm³/mol. The Labute approximate surface area is 93.6 Å². The Kier molecular flexibility index (Phi) is 2.94. The van der Waals surface area contributed by atoms with E-state index in [2.05, 4.69) is 0 Å². The fourth-order valence-corrected chi connectivity index (χ4v) is 2.81. The fraction of sp³-hybridized carbons (Fsp3) is 0.727. The molecule has 2 bridgehead atoms. The molecule has 3 aliphatic rings. The molecule has 0 heterocycles. The van der Waals surface area contributed by atoms with Gasteiger partial charge in [0.2, 0.25) is 6.04 Å². The fourth-order valence-electron chi connectivity index (χ4n) is 2.81. The van der Waals surface area contributed by atoms with E-state index in [0.717, 1.165) is 12.8 Å². The van der Waals surface area contributed by atoms with Crippen molar-refractivity contribution in [2.45, 2.75) is 25.8 Å². The number of nitrogens with zero attached hydrogens (tertiary/aromatic N) is 1. The molecule has 0 aromatic carbocycles. The van der Waals surface area contributed by atoms with Crippen LogP contribution in [0.3, 0.4) is 0 Å². The monoisotopic (exact) mass is 225 g/mol. The molecule has 4 unspecified atom stereocenters.